The summed E-state index contributed by atoms with van der Waals surface area (Å²) < 4.78 is 11.0. The highest BCUT2D eigenvalue weighted by atomic mass is 16.5. The molecule has 0 bridgehead atoms. The number of morpholine rings is 1. The molecule has 20 heavy (non-hydrogen) atoms. The Balaban J connectivity index is 2.02. The van der Waals surface area contributed by atoms with E-state index in [1.54, 1.807) is 0 Å². The highest BCUT2D eigenvalue weighted by Gasteiger charge is 2.13. The smallest absolute Gasteiger partial charge is 0.0594 e. The molecule has 1 rings (SSSR count). The van der Waals surface area contributed by atoms with Crippen LogP contribution in [-0.4, -0.2) is 51.0 Å². The summed E-state index contributed by atoms with van der Waals surface area (Å²) in [6.07, 6.45) is 8.04. The highest BCUT2D eigenvalue weighted by Crippen LogP contribution is 2.23. The Labute approximate surface area is 126 Å². The maximum absolute atomic E-state index is 5.62. The molecule has 0 spiro atoms. The molecule has 0 aliphatic carbocycles. The molecule has 0 radical (unpaired) electrons. The van der Waals surface area contributed by atoms with Gasteiger partial charge in [0.25, 0.3) is 0 Å². The Bertz CT molecular complexity index is 232. The Kier molecular flexibility index (Phi) is 8.74. The standard InChI is InChI=1S/C17H35NO2/c1-17(2,3)10-7-9-16(19-4)8-5-6-11-18-12-14-20-15-13-18/h16H,5-15H2,1-4H3/t16-/m0/s1. The first-order valence-electron chi connectivity index (χ1n) is 8.34. The van der Waals surface area contributed by atoms with Gasteiger partial charge in [0.1, 0.15) is 0 Å². The van der Waals surface area contributed by atoms with Crippen molar-refractivity contribution in [3.05, 3.63) is 0 Å². The monoisotopic (exact) mass is 285 g/mol. The molecule has 0 amide bonds. The van der Waals surface area contributed by atoms with Crippen molar-refractivity contribution in [2.24, 2.45) is 5.41 Å². The van der Waals surface area contributed by atoms with Gasteiger partial charge in [-0.3, -0.25) is 4.90 Å². The molecule has 3 heteroatoms. The molecule has 0 aromatic heterocycles. The maximum atomic E-state index is 5.62. The molecule has 1 aliphatic heterocycles. The Hall–Kier alpha value is -0.120. The van der Waals surface area contributed by atoms with E-state index in [1.807, 2.05) is 7.11 Å². The minimum absolute atomic E-state index is 0.453. The van der Waals surface area contributed by atoms with E-state index in [1.165, 1.54) is 45.1 Å². The number of rotatable bonds is 9. The minimum Gasteiger partial charge on any atom is -0.381 e. The SMILES string of the molecule is CO[C@@H](CCCCN1CCOCC1)CCCC(C)(C)C. The number of hydrogen-bond acceptors (Lipinski definition) is 3. The summed E-state index contributed by atoms with van der Waals surface area (Å²) in [5, 5.41) is 0. The lowest BCUT2D eigenvalue weighted by Gasteiger charge is -2.26. The third-order valence-electron chi connectivity index (χ3n) is 4.14. The van der Waals surface area contributed by atoms with Crippen molar-refractivity contribution in [2.45, 2.75) is 65.4 Å². The van der Waals surface area contributed by atoms with Crippen LogP contribution in [0, 0.1) is 5.41 Å². The van der Waals surface area contributed by atoms with E-state index < -0.39 is 0 Å². The van der Waals surface area contributed by atoms with Crippen LogP contribution in [0.1, 0.15) is 59.3 Å². The van der Waals surface area contributed by atoms with Gasteiger partial charge in [0.05, 0.1) is 19.3 Å². The van der Waals surface area contributed by atoms with E-state index in [9.17, 15) is 0 Å². The molecule has 0 aromatic rings. The van der Waals surface area contributed by atoms with E-state index in [0.29, 0.717) is 11.5 Å². The molecule has 0 aromatic carbocycles. The van der Waals surface area contributed by atoms with Gasteiger partial charge in [-0.2, -0.15) is 0 Å². The zero-order valence-electron chi connectivity index (χ0n) is 14.1. The third-order valence-corrected chi connectivity index (χ3v) is 4.14. The topological polar surface area (TPSA) is 21.7 Å². The van der Waals surface area contributed by atoms with Crippen LogP contribution in [0.2, 0.25) is 0 Å². The van der Waals surface area contributed by atoms with Crippen molar-refractivity contribution in [3.63, 3.8) is 0 Å². The summed E-state index contributed by atoms with van der Waals surface area (Å²) in [6.45, 7) is 12.2. The summed E-state index contributed by atoms with van der Waals surface area (Å²) in [7, 11) is 1.86. The van der Waals surface area contributed by atoms with Crippen LogP contribution < -0.4 is 0 Å². The lowest BCUT2D eigenvalue weighted by molar-refractivity contribution is 0.0357. The van der Waals surface area contributed by atoms with Crippen molar-refractivity contribution in [1.29, 1.82) is 0 Å². The second kappa shape index (κ2) is 9.75. The number of unbranched alkanes of at least 4 members (excludes halogenated alkanes) is 1. The molecule has 0 N–H and O–H groups in total. The van der Waals surface area contributed by atoms with E-state index in [2.05, 4.69) is 25.7 Å². The molecular weight excluding hydrogens is 250 g/mol. The average molecular weight is 285 g/mol. The summed E-state index contributed by atoms with van der Waals surface area (Å²) in [6, 6.07) is 0. The van der Waals surface area contributed by atoms with E-state index >= 15 is 0 Å². The largest absolute Gasteiger partial charge is 0.381 e. The second-order valence-electron chi connectivity index (χ2n) is 7.26. The molecule has 3 nitrogen and oxygen atoms in total. The fourth-order valence-corrected chi connectivity index (χ4v) is 2.77. The van der Waals surface area contributed by atoms with Crippen LogP contribution in [-0.2, 0) is 9.47 Å². The quantitative estimate of drug-likeness (QED) is 0.603. The predicted octanol–water partition coefficient (Wildman–Crippen LogP) is 3.72. The fourth-order valence-electron chi connectivity index (χ4n) is 2.77. The molecule has 120 valence electrons. The average Bonchev–Trinajstić information content (AvgIpc) is 2.41. The van der Waals surface area contributed by atoms with Gasteiger partial charge in [-0.15, -0.1) is 0 Å². The zero-order chi connectivity index (χ0) is 14.8. The molecule has 0 unspecified atom stereocenters. The molecule has 1 aliphatic rings. The zero-order valence-corrected chi connectivity index (χ0v) is 14.1. The van der Waals surface area contributed by atoms with Crippen LogP contribution in [0.25, 0.3) is 0 Å². The first-order chi connectivity index (χ1) is 9.51. The maximum Gasteiger partial charge on any atom is 0.0594 e. The summed E-state index contributed by atoms with van der Waals surface area (Å²) in [4.78, 5) is 2.52. The van der Waals surface area contributed by atoms with Crippen LogP contribution >= 0.6 is 0 Å². The van der Waals surface area contributed by atoms with Gasteiger partial charge in [-0.25, -0.2) is 0 Å². The number of nitrogens with zero attached hydrogens (tertiary/aromatic N) is 1. The van der Waals surface area contributed by atoms with Gasteiger partial charge in [0, 0.05) is 20.2 Å². The van der Waals surface area contributed by atoms with Crippen molar-refractivity contribution in [3.8, 4) is 0 Å². The Morgan fingerprint density at radius 1 is 1.05 bits per heavy atom. The lowest BCUT2D eigenvalue weighted by atomic mass is 9.89. The van der Waals surface area contributed by atoms with Crippen molar-refractivity contribution in [2.75, 3.05) is 40.0 Å². The first-order valence-corrected chi connectivity index (χ1v) is 8.34. The molecular formula is C17H35NO2. The van der Waals surface area contributed by atoms with Gasteiger partial charge in [0.15, 0.2) is 0 Å². The normalized spacial score (nSPS) is 19.2. The molecule has 1 fully saturated rings. The number of hydrogen-bond donors (Lipinski definition) is 0. The van der Waals surface area contributed by atoms with Crippen molar-refractivity contribution in [1.82, 2.24) is 4.90 Å². The molecule has 1 heterocycles. The van der Waals surface area contributed by atoms with Crippen LogP contribution in [0.4, 0.5) is 0 Å². The van der Waals surface area contributed by atoms with Crippen LogP contribution in [0.15, 0.2) is 0 Å². The molecule has 1 saturated heterocycles. The number of ether oxygens (including phenoxy) is 2. The molecule has 0 saturated carbocycles. The van der Waals surface area contributed by atoms with Gasteiger partial charge < -0.3 is 9.47 Å². The minimum atomic E-state index is 0.453. The summed E-state index contributed by atoms with van der Waals surface area (Å²) in [5.41, 5.74) is 0.453. The van der Waals surface area contributed by atoms with Gasteiger partial charge in [-0.05, 0) is 44.1 Å². The van der Waals surface area contributed by atoms with Gasteiger partial charge in [0.2, 0.25) is 0 Å². The third kappa shape index (κ3) is 8.93. The predicted molar refractivity (Wildman–Crippen MR) is 85.2 cm³/mol. The van der Waals surface area contributed by atoms with Crippen molar-refractivity contribution < 1.29 is 9.47 Å². The highest BCUT2D eigenvalue weighted by molar-refractivity contribution is 4.66. The van der Waals surface area contributed by atoms with E-state index in [0.717, 1.165) is 26.3 Å². The van der Waals surface area contributed by atoms with E-state index in [-0.39, 0.29) is 0 Å². The fraction of sp³-hybridized carbons (Fsp3) is 1.00. The van der Waals surface area contributed by atoms with Crippen LogP contribution in [0.5, 0.6) is 0 Å². The second-order valence-corrected chi connectivity index (χ2v) is 7.26. The van der Waals surface area contributed by atoms with Gasteiger partial charge in [-0.1, -0.05) is 27.2 Å². The van der Waals surface area contributed by atoms with Crippen molar-refractivity contribution >= 4 is 0 Å². The Morgan fingerprint density at radius 3 is 2.30 bits per heavy atom. The number of methoxy groups -OCH3 is 1. The van der Waals surface area contributed by atoms with Gasteiger partial charge >= 0.3 is 0 Å². The first kappa shape index (κ1) is 17.9. The summed E-state index contributed by atoms with van der Waals surface area (Å²) in [5.74, 6) is 0. The summed E-state index contributed by atoms with van der Waals surface area (Å²) >= 11 is 0. The van der Waals surface area contributed by atoms with E-state index in [4.69, 9.17) is 9.47 Å². The Morgan fingerprint density at radius 2 is 1.70 bits per heavy atom. The van der Waals surface area contributed by atoms with Crippen LogP contribution in [0.3, 0.4) is 0 Å². The lowest BCUT2D eigenvalue weighted by Crippen LogP contribution is -2.36. The molecule has 1 atom stereocenters.